The fourth-order valence-corrected chi connectivity index (χ4v) is 1.25. The largest absolute Gasteiger partial charge is 0.388 e. The summed E-state index contributed by atoms with van der Waals surface area (Å²) >= 11 is 0. The van der Waals surface area contributed by atoms with Crippen LogP contribution in [0.3, 0.4) is 0 Å². The third kappa shape index (κ3) is 3.44. The van der Waals surface area contributed by atoms with Crippen LogP contribution in [0, 0.1) is 0 Å². The van der Waals surface area contributed by atoms with E-state index in [4.69, 9.17) is 4.74 Å². The lowest BCUT2D eigenvalue weighted by Gasteiger charge is -2.13. The zero-order valence-electron chi connectivity index (χ0n) is 8.68. The van der Waals surface area contributed by atoms with Gasteiger partial charge in [-0.05, 0) is 31.4 Å². The van der Waals surface area contributed by atoms with Crippen molar-refractivity contribution in [1.29, 1.82) is 0 Å². The van der Waals surface area contributed by atoms with Crippen LogP contribution in [0.1, 0.15) is 31.4 Å². The molecule has 0 aliphatic carbocycles. The zero-order valence-corrected chi connectivity index (χ0v) is 8.68. The van der Waals surface area contributed by atoms with Crippen molar-refractivity contribution in [2.24, 2.45) is 0 Å². The Morgan fingerprint density at radius 3 is 2.86 bits per heavy atom. The first-order chi connectivity index (χ1) is 6.74. The highest BCUT2D eigenvalue weighted by Crippen LogP contribution is 2.18. The van der Waals surface area contributed by atoms with Gasteiger partial charge in [-0.2, -0.15) is 0 Å². The minimum atomic E-state index is -0.429. The maximum absolute atomic E-state index is 9.77. The van der Waals surface area contributed by atoms with Gasteiger partial charge in [0.15, 0.2) is 0 Å². The van der Waals surface area contributed by atoms with Crippen molar-refractivity contribution >= 4 is 0 Å². The maximum atomic E-state index is 9.77. The summed E-state index contributed by atoms with van der Waals surface area (Å²) in [5, 5.41) is 9.77. The third-order valence-corrected chi connectivity index (χ3v) is 2.32. The van der Waals surface area contributed by atoms with Crippen molar-refractivity contribution in [3.63, 3.8) is 0 Å². The van der Waals surface area contributed by atoms with Crippen LogP contribution in [0.5, 0.6) is 0 Å². The van der Waals surface area contributed by atoms with Crippen molar-refractivity contribution in [3.05, 3.63) is 30.1 Å². The minimum absolute atomic E-state index is 0.196. The van der Waals surface area contributed by atoms with Gasteiger partial charge >= 0.3 is 0 Å². The molecule has 0 aromatic carbocycles. The van der Waals surface area contributed by atoms with Gasteiger partial charge in [0, 0.05) is 19.5 Å². The van der Waals surface area contributed by atoms with Crippen LogP contribution in [0.2, 0.25) is 0 Å². The molecule has 2 unspecified atom stereocenters. The van der Waals surface area contributed by atoms with Gasteiger partial charge in [-0.3, -0.25) is 4.98 Å². The second-order valence-corrected chi connectivity index (χ2v) is 3.43. The SMILES string of the molecule is COC(C)CCC(O)c1cccnc1. The summed E-state index contributed by atoms with van der Waals surface area (Å²) in [5.41, 5.74) is 0.871. The minimum Gasteiger partial charge on any atom is -0.388 e. The normalized spacial score (nSPS) is 15.1. The summed E-state index contributed by atoms with van der Waals surface area (Å²) in [6.07, 6.45) is 4.73. The number of aliphatic hydroxyl groups is 1. The first-order valence-electron chi connectivity index (χ1n) is 4.85. The molecular weight excluding hydrogens is 178 g/mol. The molecular formula is C11H17NO2. The molecule has 1 aromatic heterocycles. The Balaban J connectivity index is 2.39. The molecule has 1 N–H and O–H groups in total. The molecule has 2 atom stereocenters. The highest BCUT2D eigenvalue weighted by Gasteiger charge is 2.09. The highest BCUT2D eigenvalue weighted by atomic mass is 16.5. The number of ether oxygens (including phenoxy) is 1. The van der Waals surface area contributed by atoms with Crippen LogP contribution in [0.25, 0.3) is 0 Å². The van der Waals surface area contributed by atoms with Gasteiger partial charge in [0.25, 0.3) is 0 Å². The summed E-state index contributed by atoms with van der Waals surface area (Å²) in [7, 11) is 1.68. The van der Waals surface area contributed by atoms with E-state index in [0.29, 0.717) is 6.42 Å². The molecule has 0 saturated heterocycles. The first kappa shape index (κ1) is 11.1. The number of pyridine rings is 1. The van der Waals surface area contributed by atoms with Crippen LogP contribution in [-0.4, -0.2) is 23.3 Å². The molecule has 0 amide bonds. The lowest BCUT2D eigenvalue weighted by atomic mass is 10.1. The summed E-state index contributed by atoms with van der Waals surface area (Å²) < 4.78 is 5.11. The van der Waals surface area contributed by atoms with E-state index in [-0.39, 0.29) is 6.10 Å². The number of aromatic nitrogens is 1. The van der Waals surface area contributed by atoms with Crippen LogP contribution < -0.4 is 0 Å². The Morgan fingerprint density at radius 1 is 1.50 bits per heavy atom. The standard InChI is InChI=1S/C11H17NO2/c1-9(14-2)5-6-11(13)10-4-3-7-12-8-10/h3-4,7-9,11,13H,5-6H2,1-2H3. The monoisotopic (exact) mass is 195 g/mol. The Kier molecular flexibility index (Phi) is 4.56. The molecule has 1 rings (SSSR count). The zero-order chi connectivity index (χ0) is 10.4. The molecule has 14 heavy (non-hydrogen) atoms. The number of hydrogen-bond donors (Lipinski definition) is 1. The smallest absolute Gasteiger partial charge is 0.0805 e. The van der Waals surface area contributed by atoms with E-state index in [1.807, 2.05) is 19.1 Å². The average molecular weight is 195 g/mol. The van der Waals surface area contributed by atoms with Crippen LogP contribution in [0.15, 0.2) is 24.5 Å². The topological polar surface area (TPSA) is 42.4 Å². The molecule has 3 nitrogen and oxygen atoms in total. The summed E-state index contributed by atoms with van der Waals surface area (Å²) in [5.74, 6) is 0. The van der Waals surface area contributed by atoms with Crippen LogP contribution in [0.4, 0.5) is 0 Å². The summed E-state index contributed by atoms with van der Waals surface area (Å²) in [4.78, 5) is 3.96. The third-order valence-electron chi connectivity index (χ3n) is 2.32. The van der Waals surface area contributed by atoms with Gasteiger partial charge in [0.2, 0.25) is 0 Å². The lowest BCUT2D eigenvalue weighted by molar-refractivity contribution is 0.0850. The van der Waals surface area contributed by atoms with E-state index in [0.717, 1.165) is 12.0 Å². The van der Waals surface area contributed by atoms with E-state index < -0.39 is 6.10 Å². The number of hydrogen-bond acceptors (Lipinski definition) is 3. The Bertz CT molecular complexity index is 251. The molecule has 1 heterocycles. The van der Waals surface area contributed by atoms with Crippen molar-refractivity contribution < 1.29 is 9.84 Å². The maximum Gasteiger partial charge on any atom is 0.0805 e. The van der Waals surface area contributed by atoms with Gasteiger partial charge in [-0.1, -0.05) is 6.07 Å². The van der Waals surface area contributed by atoms with Gasteiger partial charge < -0.3 is 9.84 Å². The van der Waals surface area contributed by atoms with E-state index in [2.05, 4.69) is 4.98 Å². The van der Waals surface area contributed by atoms with Gasteiger partial charge in [-0.15, -0.1) is 0 Å². The highest BCUT2D eigenvalue weighted by molar-refractivity contribution is 5.11. The second-order valence-electron chi connectivity index (χ2n) is 3.43. The Labute approximate surface area is 84.7 Å². The number of methoxy groups -OCH3 is 1. The van der Waals surface area contributed by atoms with E-state index in [9.17, 15) is 5.11 Å². The first-order valence-corrected chi connectivity index (χ1v) is 4.85. The molecule has 3 heteroatoms. The molecule has 0 spiro atoms. The molecule has 0 radical (unpaired) electrons. The van der Waals surface area contributed by atoms with Crippen LogP contribution in [-0.2, 0) is 4.74 Å². The molecule has 0 fully saturated rings. The van der Waals surface area contributed by atoms with Gasteiger partial charge in [-0.25, -0.2) is 0 Å². The second kappa shape index (κ2) is 5.73. The predicted octanol–water partition coefficient (Wildman–Crippen LogP) is 1.93. The molecule has 0 aliphatic heterocycles. The van der Waals surface area contributed by atoms with Gasteiger partial charge in [0.1, 0.15) is 0 Å². The van der Waals surface area contributed by atoms with E-state index >= 15 is 0 Å². The number of aliphatic hydroxyl groups excluding tert-OH is 1. The quantitative estimate of drug-likeness (QED) is 0.780. The van der Waals surface area contributed by atoms with E-state index in [1.54, 1.807) is 19.5 Å². The molecule has 0 saturated carbocycles. The summed E-state index contributed by atoms with van der Waals surface area (Å²) in [6.45, 7) is 2.00. The fraction of sp³-hybridized carbons (Fsp3) is 0.545. The Morgan fingerprint density at radius 2 is 2.29 bits per heavy atom. The Hall–Kier alpha value is -0.930. The lowest BCUT2D eigenvalue weighted by Crippen LogP contribution is -2.07. The van der Waals surface area contributed by atoms with Crippen molar-refractivity contribution in [2.75, 3.05) is 7.11 Å². The van der Waals surface area contributed by atoms with Crippen LogP contribution >= 0.6 is 0 Å². The van der Waals surface area contributed by atoms with Gasteiger partial charge in [0.05, 0.1) is 12.2 Å². The molecule has 0 aliphatic rings. The molecule has 78 valence electrons. The van der Waals surface area contributed by atoms with E-state index in [1.165, 1.54) is 0 Å². The number of rotatable bonds is 5. The van der Waals surface area contributed by atoms with Crippen molar-refractivity contribution in [3.8, 4) is 0 Å². The average Bonchev–Trinajstić information content (AvgIpc) is 2.26. The summed E-state index contributed by atoms with van der Waals surface area (Å²) in [6, 6.07) is 3.72. The van der Waals surface area contributed by atoms with Crippen molar-refractivity contribution in [2.45, 2.75) is 32.0 Å². The molecule has 1 aromatic rings. The van der Waals surface area contributed by atoms with Crippen molar-refractivity contribution in [1.82, 2.24) is 4.98 Å². The number of nitrogens with zero attached hydrogens (tertiary/aromatic N) is 1. The fourth-order valence-electron chi connectivity index (χ4n) is 1.25. The molecule has 0 bridgehead atoms. The predicted molar refractivity (Wildman–Crippen MR) is 54.9 cm³/mol.